The number of rotatable bonds is 7. The molecular weight excluding hydrogens is 256 g/mol. The molecular formula is C19H26N2. The Morgan fingerprint density at radius 3 is 2.43 bits per heavy atom. The van der Waals surface area contributed by atoms with E-state index in [-0.39, 0.29) is 0 Å². The number of pyridine rings is 1. The largest absolute Gasteiger partial charge is 0.310 e. The van der Waals surface area contributed by atoms with Crippen molar-refractivity contribution in [1.29, 1.82) is 0 Å². The molecule has 0 aliphatic carbocycles. The lowest BCUT2D eigenvalue weighted by Gasteiger charge is -2.19. The van der Waals surface area contributed by atoms with Crippen LogP contribution in [0.2, 0.25) is 0 Å². The fourth-order valence-electron chi connectivity index (χ4n) is 2.72. The number of benzene rings is 1. The summed E-state index contributed by atoms with van der Waals surface area (Å²) in [6, 6.07) is 13.6. The van der Waals surface area contributed by atoms with Gasteiger partial charge in [0.15, 0.2) is 0 Å². The average molecular weight is 282 g/mol. The van der Waals surface area contributed by atoms with Crippen molar-refractivity contribution in [3.63, 3.8) is 0 Å². The van der Waals surface area contributed by atoms with Gasteiger partial charge in [-0.2, -0.15) is 0 Å². The predicted molar refractivity (Wildman–Crippen MR) is 89.3 cm³/mol. The van der Waals surface area contributed by atoms with Crippen molar-refractivity contribution in [2.75, 3.05) is 6.54 Å². The molecule has 0 fully saturated rings. The van der Waals surface area contributed by atoms with Gasteiger partial charge in [-0.1, -0.05) is 45.0 Å². The summed E-state index contributed by atoms with van der Waals surface area (Å²) in [5.41, 5.74) is 4.14. The van der Waals surface area contributed by atoms with Gasteiger partial charge in [0.25, 0.3) is 0 Å². The zero-order valence-electron chi connectivity index (χ0n) is 13.3. The van der Waals surface area contributed by atoms with Crippen molar-refractivity contribution in [2.45, 2.75) is 39.7 Å². The zero-order chi connectivity index (χ0) is 15.1. The van der Waals surface area contributed by atoms with Crippen molar-refractivity contribution < 1.29 is 0 Å². The van der Waals surface area contributed by atoms with Crippen LogP contribution in [0.3, 0.4) is 0 Å². The van der Waals surface area contributed by atoms with Gasteiger partial charge in [-0.3, -0.25) is 4.98 Å². The number of hydrogen-bond acceptors (Lipinski definition) is 2. The fourth-order valence-corrected chi connectivity index (χ4v) is 2.72. The molecule has 0 amide bonds. The Hall–Kier alpha value is -1.67. The minimum absolute atomic E-state index is 0.365. The standard InChI is InChI=1S/C19H26N2/c1-4-21-19(14-16-8-10-20-11-9-16)18-7-5-6-17(13-18)12-15(2)3/h5-11,13,15,19,21H,4,12,14H2,1-3H3. The van der Waals surface area contributed by atoms with Gasteiger partial charge in [-0.05, 0) is 54.1 Å². The number of likely N-dealkylation sites (N-methyl/N-ethyl adjacent to an activating group) is 1. The lowest BCUT2D eigenvalue weighted by atomic mass is 9.95. The first kappa shape index (κ1) is 15.7. The number of nitrogens with zero attached hydrogens (tertiary/aromatic N) is 1. The molecule has 21 heavy (non-hydrogen) atoms. The molecule has 2 heteroatoms. The molecule has 1 heterocycles. The molecule has 0 bridgehead atoms. The molecule has 1 aromatic heterocycles. The molecule has 1 N–H and O–H groups in total. The summed E-state index contributed by atoms with van der Waals surface area (Å²) in [6.07, 6.45) is 5.88. The highest BCUT2D eigenvalue weighted by molar-refractivity contribution is 5.28. The van der Waals surface area contributed by atoms with Crippen LogP contribution in [-0.2, 0) is 12.8 Å². The maximum Gasteiger partial charge on any atom is 0.0360 e. The lowest BCUT2D eigenvalue weighted by Crippen LogP contribution is -2.23. The third-order valence-corrected chi connectivity index (χ3v) is 3.64. The van der Waals surface area contributed by atoms with Crippen LogP contribution in [0.1, 0.15) is 43.5 Å². The Balaban J connectivity index is 2.17. The molecule has 1 unspecified atom stereocenters. The molecule has 0 spiro atoms. The Kier molecular flexibility index (Phi) is 5.94. The van der Waals surface area contributed by atoms with Crippen molar-refractivity contribution in [3.8, 4) is 0 Å². The van der Waals surface area contributed by atoms with Crippen LogP contribution in [0, 0.1) is 5.92 Å². The van der Waals surface area contributed by atoms with Crippen molar-refractivity contribution in [2.24, 2.45) is 5.92 Å². The van der Waals surface area contributed by atoms with Crippen molar-refractivity contribution in [3.05, 3.63) is 65.5 Å². The van der Waals surface area contributed by atoms with Crippen LogP contribution in [0.4, 0.5) is 0 Å². The molecule has 0 aliphatic heterocycles. The highest BCUT2D eigenvalue weighted by Crippen LogP contribution is 2.20. The van der Waals surface area contributed by atoms with Gasteiger partial charge in [0, 0.05) is 18.4 Å². The van der Waals surface area contributed by atoms with Crippen LogP contribution in [0.15, 0.2) is 48.8 Å². The number of nitrogens with one attached hydrogen (secondary N) is 1. The summed E-state index contributed by atoms with van der Waals surface area (Å²) in [5.74, 6) is 0.693. The van der Waals surface area contributed by atoms with Crippen LogP contribution in [0.5, 0.6) is 0 Å². The average Bonchev–Trinajstić information content (AvgIpc) is 2.47. The van der Waals surface area contributed by atoms with Crippen LogP contribution in [-0.4, -0.2) is 11.5 Å². The minimum atomic E-state index is 0.365. The Morgan fingerprint density at radius 2 is 1.76 bits per heavy atom. The third-order valence-electron chi connectivity index (χ3n) is 3.64. The SMILES string of the molecule is CCNC(Cc1ccncc1)c1cccc(CC(C)C)c1. The monoisotopic (exact) mass is 282 g/mol. The Morgan fingerprint density at radius 1 is 1.00 bits per heavy atom. The number of hydrogen-bond donors (Lipinski definition) is 1. The second kappa shape index (κ2) is 7.94. The third kappa shape index (κ3) is 4.98. The Labute approximate surface area is 128 Å². The van der Waals surface area contributed by atoms with Crippen LogP contribution >= 0.6 is 0 Å². The summed E-state index contributed by atoms with van der Waals surface area (Å²) >= 11 is 0. The molecule has 0 saturated carbocycles. The molecule has 2 nitrogen and oxygen atoms in total. The molecule has 2 rings (SSSR count). The molecule has 1 aromatic carbocycles. The molecule has 0 radical (unpaired) electrons. The molecule has 2 aromatic rings. The summed E-state index contributed by atoms with van der Waals surface area (Å²) in [6.45, 7) is 7.68. The molecule has 0 aliphatic rings. The maximum atomic E-state index is 4.10. The van der Waals surface area contributed by atoms with Crippen molar-refractivity contribution >= 4 is 0 Å². The van der Waals surface area contributed by atoms with E-state index in [1.807, 2.05) is 12.4 Å². The van der Waals surface area contributed by atoms with Gasteiger partial charge in [0.2, 0.25) is 0 Å². The van der Waals surface area contributed by atoms with Gasteiger partial charge in [-0.25, -0.2) is 0 Å². The second-order valence-corrected chi connectivity index (χ2v) is 6.01. The van der Waals surface area contributed by atoms with Crippen LogP contribution < -0.4 is 5.32 Å². The minimum Gasteiger partial charge on any atom is -0.310 e. The lowest BCUT2D eigenvalue weighted by molar-refractivity contribution is 0.548. The Bertz CT molecular complexity index is 534. The molecule has 0 saturated heterocycles. The zero-order valence-corrected chi connectivity index (χ0v) is 13.3. The van der Waals surface area contributed by atoms with E-state index in [0.717, 1.165) is 19.4 Å². The molecule has 1 atom stereocenters. The van der Waals surface area contributed by atoms with E-state index in [4.69, 9.17) is 0 Å². The summed E-state index contributed by atoms with van der Waals surface area (Å²) in [4.78, 5) is 4.10. The van der Waals surface area contributed by atoms with E-state index in [2.05, 4.69) is 67.5 Å². The maximum absolute atomic E-state index is 4.10. The van der Waals surface area contributed by atoms with E-state index in [9.17, 15) is 0 Å². The van der Waals surface area contributed by atoms with Crippen LogP contribution in [0.25, 0.3) is 0 Å². The molecule has 112 valence electrons. The van der Waals surface area contributed by atoms with E-state index in [0.29, 0.717) is 12.0 Å². The van der Waals surface area contributed by atoms with Gasteiger partial charge in [0.05, 0.1) is 0 Å². The first-order valence-corrected chi connectivity index (χ1v) is 7.90. The summed E-state index contributed by atoms with van der Waals surface area (Å²) < 4.78 is 0. The highest BCUT2D eigenvalue weighted by atomic mass is 14.9. The van der Waals surface area contributed by atoms with E-state index < -0.39 is 0 Å². The van der Waals surface area contributed by atoms with Gasteiger partial charge < -0.3 is 5.32 Å². The summed E-state index contributed by atoms with van der Waals surface area (Å²) in [7, 11) is 0. The number of aromatic nitrogens is 1. The highest BCUT2D eigenvalue weighted by Gasteiger charge is 2.12. The topological polar surface area (TPSA) is 24.9 Å². The summed E-state index contributed by atoms with van der Waals surface area (Å²) in [5, 5.41) is 3.61. The quantitative estimate of drug-likeness (QED) is 0.824. The van der Waals surface area contributed by atoms with E-state index >= 15 is 0 Å². The smallest absolute Gasteiger partial charge is 0.0360 e. The predicted octanol–water partition coefficient (Wildman–Crippen LogP) is 4.17. The van der Waals surface area contributed by atoms with Gasteiger partial charge >= 0.3 is 0 Å². The first-order valence-electron chi connectivity index (χ1n) is 7.90. The normalized spacial score (nSPS) is 12.6. The van der Waals surface area contributed by atoms with Crippen molar-refractivity contribution in [1.82, 2.24) is 10.3 Å². The van der Waals surface area contributed by atoms with Gasteiger partial charge in [-0.15, -0.1) is 0 Å². The van der Waals surface area contributed by atoms with Gasteiger partial charge in [0.1, 0.15) is 0 Å². The van der Waals surface area contributed by atoms with E-state index in [1.54, 1.807) is 0 Å². The second-order valence-electron chi connectivity index (χ2n) is 6.01. The fraction of sp³-hybridized carbons (Fsp3) is 0.421. The first-order chi connectivity index (χ1) is 10.2. The van der Waals surface area contributed by atoms with E-state index in [1.165, 1.54) is 16.7 Å².